The minimum Gasteiger partial charge on any atom is -0.459 e. The van der Waals surface area contributed by atoms with Crippen LogP contribution in [0.1, 0.15) is 24.0 Å². The highest BCUT2D eigenvalue weighted by Gasteiger charge is 2.25. The molecule has 2 heterocycles. The van der Waals surface area contributed by atoms with E-state index in [1.165, 1.54) is 0 Å². The molecule has 1 fully saturated rings. The fourth-order valence-corrected chi connectivity index (χ4v) is 2.54. The molecule has 21 heavy (non-hydrogen) atoms. The second kappa shape index (κ2) is 5.69. The summed E-state index contributed by atoms with van der Waals surface area (Å²) in [6, 6.07) is 7.56. The summed E-state index contributed by atoms with van der Waals surface area (Å²) in [5.74, 6) is -0.392. The number of aromatic nitrogens is 1. The first-order valence-electron chi connectivity index (χ1n) is 7.05. The number of aromatic amines is 1. The van der Waals surface area contributed by atoms with Crippen LogP contribution in [-0.2, 0) is 20.9 Å². The van der Waals surface area contributed by atoms with Crippen molar-refractivity contribution < 1.29 is 14.3 Å². The molecule has 1 saturated heterocycles. The van der Waals surface area contributed by atoms with Gasteiger partial charge in [0.15, 0.2) is 6.10 Å². The van der Waals surface area contributed by atoms with Gasteiger partial charge in [-0.15, -0.1) is 0 Å². The van der Waals surface area contributed by atoms with Crippen molar-refractivity contribution in [1.29, 1.82) is 0 Å². The Morgan fingerprint density at radius 2 is 2.33 bits per heavy atom. The fraction of sp³-hybridized carbons (Fsp3) is 0.375. The standard InChI is InChI=1S/C16H17NO4/c1-10-4-2-5-11-8-12(15(18)17-14(10)11)9-21-16(19)13-6-3-7-20-13/h2,4-5,8,13H,3,6-7,9H2,1H3,(H,17,18)/t13-/m0/s1. The summed E-state index contributed by atoms with van der Waals surface area (Å²) in [5.41, 5.74) is 2.04. The van der Waals surface area contributed by atoms with Gasteiger partial charge in [0.1, 0.15) is 6.61 Å². The summed E-state index contributed by atoms with van der Waals surface area (Å²) in [6.07, 6.45) is 1.08. The number of carbonyl (C=O) groups is 1. The molecule has 110 valence electrons. The average Bonchev–Trinajstić information content (AvgIpc) is 3.00. The third-order valence-electron chi connectivity index (χ3n) is 3.73. The SMILES string of the molecule is Cc1cccc2cc(COC(=O)[C@@H]3CCCO3)c(=O)[nH]c12. The highest BCUT2D eigenvalue weighted by molar-refractivity contribution is 5.82. The molecule has 1 aromatic heterocycles. The van der Waals surface area contributed by atoms with Crippen molar-refractivity contribution in [3.8, 4) is 0 Å². The Labute approximate surface area is 121 Å². The van der Waals surface area contributed by atoms with Gasteiger partial charge in [0, 0.05) is 6.61 Å². The zero-order chi connectivity index (χ0) is 14.8. The molecular weight excluding hydrogens is 270 g/mol. The molecule has 1 aromatic carbocycles. The lowest BCUT2D eigenvalue weighted by atomic mass is 10.1. The van der Waals surface area contributed by atoms with Crippen molar-refractivity contribution in [2.75, 3.05) is 6.61 Å². The number of nitrogens with one attached hydrogen (secondary N) is 1. The molecule has 0 saturated carbocycles. The maximum atomic E-state index is 12.0. The third-order valence-corrected chi connectivity index (χ3v) is 3.73. The van der Waals surface area contributed by atoms with E-state index in [0.29, 0.717) is 18.6 Å². The van der Waals surface area contributed by atoms with Gasteiger partial charge in [0.2, 0.25) is 0 Å². The molecule has 1 N–H and O–H groups in total. The minimum absolute atomic E-state index is 0.0299. The molecular formula is C16H17NO4. The van der Waals surface area contributed by atoms with E-state index in [4.69, 9.17) is 9.47 Å². The third kappa shape index (κ3) is 2.83. The number of benzene rings is 1. The molecule has 1 aliphatic rings. The summed E-state index contributed by atoms with van der Waals surface area (Å²) in [5, 5.41) is 0.928. The van der Waals surface area contributed by atoms with Gasteiger partial charge in [0.05, 0.1) is 11.1 Å². The average molecular weight is 287 g/mol. The molecule has 3 rings (SSSR count). The second-order valence-corrected chi connectivity index (χ2v) is 5.27. The molecule has 0 spiro atoms. The summed E-state index contributed by atoms with van der Waals surface area (Å²) >= 11 is 0. The Bertz CT molecular complexity index is 729. The van der Waals surface area contributed by atoms with Crippen LogP contribution in [0.3, 0.4) is 0 Å². The van der Waals surface area contributed by atoms with Crippen LogP contribution in [0.5, 0.6) is 0 Å². The summed E-state index contributed by atoms with van der Waals surface area (Å²) < 4.78 is 10.4. The monoisotopic (exact) mass is 287 g/mol. The van der Waals surface area contributed by atoms with E-state index in [0.717, 1.165) is 22.9 Å². The summed E-state index contributed by atoms with van der Waals surface area (Å²) in [7, 11) is 0. The minimum atomic E-state index is -0.480. The van der Waals surface area contributed by atoms with Gasteiger partial charge in [-0.2, -0.15) is 0 Å². The van der Waals surface area contributed by atoms with E-state index >= 15 is 0 Å². The van der Waals surface area contributed by atoms with Crippen LogP contribution in [0.2, 0.25) is 0 Å². The zero-order valence-corrected chi connectivity index (χ0v) is 11.8. The van der Waals surface area contributed by atoms with Crippen LogP contribution in [-0.4, -0.2) is 23.7 Å². The van der Waals surface area contributed by atoms with Crippen LogP contribution < -0.4 is 5.56 Å². The molecule has 0 amide bonds. The van der Waals surface area contributed by atoms with Gasteiger partial charge in [-0.25, -0.2) is 4.79 Å². The summed E-state index contributed by atoms with van der Waals surface area (Å²) in [4.78, 5) is 26.7. The lowest BCUT2D eigenvalue weighted by molar-refractivity contribution is -0.155. The number of hydrogen-bond donors (Lipinski definition) is 1. The zero-order valence-electron chi connectivity index (χ0n) is 11.8. The maximum absolute atomic E-state index is 12.0. The number of pyridine rings is 1. The largest absolute Gasteiger partial charge is 0.459 e. The van der Waals surface area contributed by atoms with E-state index in [2.05, 4.69) is 4.98 Å². The van der Waals surface area contributed by atoms with E-state index in [1.54, 1.807) is 6.07 Å². The quantitative estimate of drug-likeness (QED) is 0.877. The molecule has 0 radical (unpaired) electrons. The highest BCUT2D eigenvalue weighted by Crippen LogP contribution is 2.17. The Kier molecular flexibility index (Phi) is 3.75. The number of carbonyl (C=O) groups excluding carboxylic acids is 1. The summed E-state index contributed by atoms with van der Waals surface area (Å²) in [6.45, 7) is 2.50. The first-order valence-corrected chi connectivity index (χ1v) is 7.05. The van der Waals surface area contributed by atoms with Crippen LogP contribution in [0, 0.1) is 6.92 Å². The number of hydrogen-bond acceptors (Lipinski definition) is 4. The molecule has 5 heteroatoms. The van der Waals surface area contributed by atoms with Gasteiger partial charge >= 0.3 is 5.97 Å². The molecule has 0 bridgehead atoms. The maximum Gasteiger partial charge on any atom is 0.335 e. The van der Waals surface area contributed by atoms with E-state index in [1.807, 2.05) is 25.1 Å². The van der Waals surface area contributed by atoms with Gasteiger partial charge < -0.3 is 14.5 Å². The predicted octanol–water partition coefficient (Wildman–Crippen LogP) is 2.06. The normalized spacial score (nSPS) is 18.0. The molecule has 1 atom stereocenters. The number of rotatable bonds is 3. The van der Waals surface area contributed by atoms with Crippen molar-refractivity contribution in [2.45, 2.75) is 32.5 Å². The second-order valence-electron chi connectivity index (χ2n) is 5.27. The molecule has 0 unspecified atom stereocenters. The van der Waals surface area contributed by atoms with Crippen molar-refractivity contribution in [2.24, 2.45) is 0 Å². The smallest absolute Gasteiger partial charge is 0.335 e. The van der Waals surface area contributed by atoms with Crippen LogP contribution in [0.4, 0.5) is 0 Å². The predicted molar refractivity (Wildman–Crippen MR) is 78.1 cm³/mol. The molecule has 2 aromatic rings. The van der Waals surface area contributed by atoms with Crippen molar-refractivity contribution in [1.82, 2.24) is 4.98 Å². The van der Waals surface area contributed by atoms with E-state index < -0.39 is 12.1 Å². The Morgan fingerprint density at radius 1 is 1.48 bits per heavy atom. The lowest BCUT2D eigenvalue weighted by Gasteiger charge is -2.10. The number of para-hydroxylation sites is 1. The van der Waals surface area contributed by atoms with Crippen molar-refractivity contribution in [3.63, 3.8) is 0 Å². The first kappa shape index (κ1) is 13.8. The number of aryl methyl sites for hydroxylation is 1. The Morgan fingerprint density at radius 3 is 3.10 bits per heavy atom. The van der Waals surface area contributed by atoms with Crippen LogP contribution in [0.25, 0.3) is 10.9 Å². The van der Waals surface area contributed by atoms with E-state index in [-0.39, 0.29) is 12.2 Å². The Hall–Kier alpha value is -2.14. The highest BCUT2D eigenvalue weighted by atomic mass is 16.6. The van der Waals surface area contributed by atoms with Gasteiger partial charge in [-0.3, -0.25) is 4.79 Å². The molecule has 1 aliphatic heterocycles. The topological polar surface area (TPSA) is 68.4 Å². The van der Waals surface area contributed by atoms with Crippen molar-refractivity contribution in [3.05, 3.63) is 45.7 Å². The molecule has 0 aliphatic carbocycles. The van der Waals surface area contributed by atoms with E-state index in [9.17, 15) is 9.59 Å². The lowest BCUT2D eigenvalue weighted by Crippen LogP contribution is -2.23. The van der Waals surface area contributed by atoms with Crippen LogP contribution >= 0.6 is 0 Å². The van der Waals surface area contributed by atoms with Gasteiger partial charge in [-0.05, 0) is 36.8 Å². The fourth-order valence-electron chi connectivity index (χ4n) is 2.54. The van der Waals surface area contributed by atoms with Crippen LogP contribution in [0.15, 0.2) is 29.1 Å². The molecule has 5 nitrogen and oxygen atoms in total. The first-order chi connectivity index (χ1) is 10.1. The number of ether oxygens (including phenoxy) is 2. The number of H-pyrrole nitrogens is 1. The Balaban J connectivity index is 1.79. The van der Waals surface area contributed by atoms with Gasteiger partial charge in [-0.1, -0.05) is 18.2 Å². The number of fused-ring (bicyclic) bond motifs is 1. The van der Waals surface area contributed by atoms with Crippen molar-refractivity contribution >= 4 is 16.9 Å². The number of esters is 1. The van der Waals surface area contributed by atoms with Gasteiger partial charge in [0.25, 0.3) is 5.56 Å².